The molecule has 5 aliphatic rings. The number of aliphatic carboxylic acids is 1. The molecule has 7 rings (SSSR count). The average molecular weight is 762 g/mol. The number of fused-ring (bicyclic) bond motifs is 7. The Bertz CT molecular complexity index is 1840. The highest BCUT2D eigenvalue weighted by Gasteiger charge is 2.70. The Labute approximate surface area is 326 Å². The molecule has 0 amide bonds. The lowest BCUT2D eigenvalue weighted by molar-refractivity contribution is -0.219. The number of carboxylic acid groups (broad SMARTS) is 1. The third kappa shape index (κ3) is 5.86. The Morgan fingerprint density at radius 1 is 0.925 bits per heavy atom. The highest BCUT2D eigenvalue weighted by molar-refractivity contribution is 7.14. The molecule has 1 aromatic carbocycles. The van der Waals surface area contributed by atoms with Crippen LogP contribution in [0.1, 0.15) is 144 Å². The van der Waals surface area contributed by atoms with Gasteiger partial charge in [-0.15, -0.1) is 10.2 Å². The lowest BCUT2D eigenvalue weighted by Gasteiger charge is -2.72. The second kappa shape index (κ2) is 13.1. The van der Waals surface area contributed by atoms with Gasteiger partial charge >= 0.3 is 5.97 Å². The maximum atomic E-state index is 14.2. The summed E-state index contributed by atoms with van der Waals surface area (Å²) in [6.45, 7) is 20.5. The Morgan fingerprint density at radius 3 is 2.28 bits per heavy atom. The SMILES string of the molecule is CC(C)C1=C2C3CCC4C5(C)CCC(CCC(=O)CC(C)(C)C(=O)O)C(C)(C)C5CCC4(C)C3(C)CCC2(c2nnc(-c3ccc(Cl)cc3)s2)CC1=O. The van der Waals surface area contributed by atoms with Crippen LogP contribution in [-0.2, 0) is 19.8 Å². The summed E-state index contributed by atoms with van der Waals surface area (Å²) in [7, 11) is 0. The van der Waals surface area contributed by atoms with Crippen molar-refractivity contribution < 1.29 is 19.5 Å². The van der Waals surface area contributed by atoms with Gasteiger partial charge in [0.1, 0.15) is 15.8 Å². The van der Waals surface area contributed by atoms with Gasteiger partial charge in [0.2, 0.25) is 0 Å². The van der Waals surface area contributed by atoms with E-state index in [1.165, 1.54) is 31.3 Å². The molecule has 53 heavy (non-hydrogen) atoms. The quantitative estimate of drug-likeness (QED) is 0.273. The summed E-state index contributed by atoms with van der Waals surface area (Å²) in [5, 5.41) is 21.8. The van der Waals surface area contributed by atoms with Crippen molar-refractivity contribution in [1.29, 1.82) is 0 Å². The maximum absolute atomic E-state index is 14.2. The number of halogens is 1. The maximum Gasteiger partial charge on any atom is 0.309 e. The van der Waals surface area contributed by atoms with E-state index in [0.717, 1.165) is 53.3 Å². The van der Waals surface area contributed by atoms with Crippen LogP contribution in [-0.4, -0.2) is 32.8 Å². The molecule has 0 aliphatic heterocycles. The predicted octanol–water partition coefficient (Wildman–Crippen LogP) is 11.6. The van der Waals surface area contributed by atoms with Crippen molar-refractivity contribution in [3.63, 3.8) is 0 Å². The Kier molecular flexibility index (Phi) is 9.61. The van der Waals surface area contributed by atoms with Gasteiger partial charge in [-0.25, -0.2) is 0 Å². The molecular formula is C45H61ClN2O4S. The zero-order valence-corrected chi connectivity index (χ0v) is 35.1. The molecule has 4 saturated carbocycles. The van der Waals surface area contributed by atoms with E-state index >= 15 is 0 Å². The molecule has 2 aromatic rings. The van der Waals surface area contributed by atoms with Gasteiger partial charge in [0, 0.05) is 29.8 Å². The van der Waals surface area contributed by atoms with E-state index in [1.54, 1.807) is 25.2 Å². The summed E-state index contributed by atoms with van der Waals surface area (Å²) in [5.41, 5.74) is 2.63. The second-order valence-corrected chi connectivity index (χ2v) is 21.6. The minimum absolute atomic E-state index is 0.0710. The molecule has 1 aromatic heterocycles. The summed E-state index contributed by atoms with van der Waals surface area (Å²) in [5.74, 6) is 1.62. The van der Waals surface area contributed by atoms with Crippen LogP contribution in [0.5, 0.6) is 0 Å². The van der Waals surface area contributed by atoms with E-state index in [1.807, 2.05) is 24.3 Å². The van der Waals surface area contributed by atoms with E-state index in [2.05, 4.69) is 48.5 Å². The largest absolute Gasteiger partial charge is 0.481 e. The second-order valence-electron chi connectivity index (χ2n) is 20.2. The van der Waals surface area contributed by atoms with Crippen molar-refractivity contribution in [2.24, 2.45) is 56.7 Å². The van der Waals surface area contributed by atoms with Crippen LogP contribution in [0.2, 0.25) is 5.02 Å². The van der Waals surface area contributed by atoms with E-state index in [9.17, 15) is 19.5 Å². The minimum Gasteiger partial charge on any atom is -0.481 e. The molecule has 0 saturated heterocycles. The van der Waals surface area contributed by atoms with Crippen LogP contribution in [0, 0.1) is 56.7 Å². The van der Waals surface area contributed by atoms with Gasteiger partial charge in [-0.05, 0) is 146 Å². The number of rotatable bonds is 9. The van der Waals surface area contributed by atoms with E-state index < -0.39 is 11.4 Å². The van der Waals surface area contributed by atoms with Gasteiger partial charge in [0.15, 0.2) is 5.78 Å². The van der Waals surface area contributed by atoms with Gasteiger partial charge in [0.25, 0.3) is 0 Å². The third-order valence-corrected chi connectivity index (χ3v) is 18.0. The molecule has 6 nitrogen and oxygen atoms in total. The molecular weight excluding hydrogens is 700 g/mol. The first-order valence-corrected chi connectivity index (χ1v) is 21.5. The van der Waals surface area contributed by atoms with Crippen LogP contribution in [0.15, 0.2) is 35.4 Å². The number of nitrogens with zero attached hydrogens (tertiary/aromatic N) is 2. The van der Waals surface area contributed by atoms with Crippen molar-refractivity contribution in [2.75, 3.05) is 0 Å². The van der Waals surface area contributed by atoms with Crippen LogP contribution in [0.4, 0.5) is 0 Å². The van der Waals surface area contributed by atoms with Crippen molar-refractivity contribution in [2.45, 2.75) is 145 Å². The van der Waals surface area contributed by atoms with Gasteiger partial charge in [-0.2, -0.15) is 0 Å². The van der Waals surface area contributed by atoms with Crippen LogP contribution in [0.3, 0.4) is 0 Å². The lowest BCUT2D eigenvalue weighted by Crippen LogP contribution is -2.65. The molecule has 1 heterocycles. The minimum atomic E-state index is -1.02. The number of hydrogen-bond acceptors (Lipinski definition) is 6. The highest BCUT2D eigenvalue weighted by atomic mass is 35.5. The number of aromatic nitrogens is 2. The summed E-state index contributed by atoms with van der Waals surface area (Å²) < 4.78 is 0. The van der Waals surface area contributed by atoms with Crippen molar-refractivity contribution >= 4 is 40.5 Å². The number of carbonyl (C=O) groups excluding carboxylic acids is 2. The first-order valence-electron chi connectivity index (χ1n) is 20.3. The fourth-order valence-corrected chi connectivity index (χ4v) is 14.8. The monoisotopic (exact) mass is 760 g/mol. The van der Waals surface area contributed by atoms with Crippen molar-refractivity contribution in [3.05, 3.63) is 45.4 Å². The highest BCUT2D eigenvalue weighted by Crippen LogP contribution is 2.77. The Balaban J connectivity index is 1.18. The first-order chi connectivity index (χ1) is 24.7. The number of allylic oxidation sites excluding steroid dienone is 2. The predicted molar refractivity (Wildman–Crippen MR) is 213 cm³/mol. The third-order valence-electron chi connectivity index (χ3n) is 16.6. The topological polar surface area (TPSA) is 97.2 Å². The number of carbonyl (C=O) groups is 3. The fraction of sp³-hybridized carbons (Fsp3) is 0.711. The lowest BCUT2D eigenvalue weighted by atomic mass is 9.32. The summed E-state index contributed by atoms with van der Waals surface area (Å²) in [4.78, 5) is 38.9. The van der Waals surface area contributed by atoms with Gasteiger partial charge in [-0.3, -0.25) is 14.4 Å². The van der Waals surface area contributed by atoms with Crippen molar-refractivity contribution in [1.82, 2.24) is 10.2 Å². The van der Waals surface area contributed by atoms with Crippen molar-refractivity contribution in [3.8, 4) is 10.6 Å². The summed E-state index contributed by atoms with van der Waals surface area (Å²) in [6.07, 6.45) is 10.9. The van der Waals surface area contributed by atoms with Gasteiger partial charge < -0.3 is 5.11 Å². The van der Waals surface area contributed by atoms with E-state index in [-0.39, 0.29) is 45.2 Å². The molecule has 8 heteroatoms. The molecule has 288 valence electrons. The van der Waals surface area contributed by atoms with Crippen LogP contribution >= 0.6 is 22.9 Å². The van der Waals surface area contributed by atoms with E-state index in [0.29, 0.717) is 47.3 Å². The van der Waals surface area contributed by atoms with Gasteiger partial charge in [0.05, 0.1) is 10.8 Å². The number of benzene rings is 1. The van der Waals surface area contributed by atoms with Crippen LogP contribution < -0.4 is 0 Å². The molecule has 5 aliphatic carbocycles. The average Bonchev–Trinajstić information content (AvgIpc) is 3.68. The number of ketones is 2. The van der Waals surface area contributed by atoms with Gasteiger partial charge in [-0.1, -0.05) is 83.5 Å². The molecule has 1 N–H and O–H groups in total. The fourth-order valence-electron chi connectivity index (χ4n) is 13.6. The zero-order chi connectivity index (χ0) is 38.5. The Morgan fingerprint density at radius 2 is 1.62 bits per heavy atom. The molecule has 0 spiro atoms. The van der Waals surface area contributed by atoms with E-state index in [4.69, 9.17) is 21.8 Å². The Hall–Kier alpha value is -2.38. The first kappa shape index (κ1) is 38.9. The molecule has 0 radical (unpaired) electrons. The molecule has 4 fully saturated rings. The molecule has 8 atom stereocenters. The number of hydrogen-bond donors (Lipinski definition) is 1. The normalized spacial score (nSPS) is 36.5. The summed E-state index contributed by atoms with van der Waals surface area (Å²) >= 11 is 7.88. The summed E-state index contributed by atoms with van der Waals surface area (Å²) in [6, 6.07) is 7.82. The molecule has 0 bridgehead atoms. The smallest absolute Gasteiger partial charge is 0.309 e. The standard InChI is InChI=1S/C45H61ClN2O4S/c1-26(2)35-32(50)25-45(38-48-47-37(53-38)27-10-13-29(46)14-11-27)23-22-43(8)31(36(35)45)16-17-34-42(7)20-18-28(12-15-30(49)24-40(3,4)39(51)52)41(5,6)33(42)19-21-44(34,43)9/h10-11,13-14,26,28,31,33-34H,12,15-25H2,1-9H3,(H,51,52). The molecule has 8 unspecified atom stereocenters. The number of carboxylic acids is 1. The zero-order valence-electron chi connectivity index (χ0n) is 33.5. The number of Topliss-reactive ketones (excluding diaryl/α,β-unsaturated/α-hetero) is 2. The van der Waals surface area contributed by atoms with Crippen LogP contribution in [0.25, 0.3) is 10.6 Å².